The molecular weight excluding hydrogens is 363 g/mol. The van der Waals surface area contributed by atoms with Crippen molar-refractivity contribution in [2.75, 3.05) is 26.8 Å². The van der Waals surface area contributed by atoms with Gasteiger partial charge in [-0.05, 0) is 25.0 Å². The summed E-state index contributed by atoms with van der Waals surface area (Å²) >= 11 is 0. The average molecular weight is 385 g/mol. The first kappa shape index (κ1) is 20.3. The maximum Gasteiger partial charge on any atom is 0.241 e. The number of benzene rings is 1. The lowest BCUT2D eigenvalue weighted by Gasteiger charge is -2.32. The number of hydrogen-bond acceptors (Lipinski definition) is 6. The number of rotatable bonds is 5. The number of carbonyl (C=O) groups excluding carboxylic acids is 1. The molecule has 7 nitrogen and oxygen atoms in total. The fourth-order valence-electron chi connectivity index (χ4n) is 3.01. The van der Waals surface area contributed by atoms with Gasteiger partial charge in [-0.2, -0.15) is 4.98 Å². The van der Waals surface area contributed by atoms with Gasteiger partial charge in [-0.25, -0.2) is 4.39 Å². The lowest BCUT2D eigenvalue weighted by atomic mass is 9.97. The van der Waals surface area contributed by atoms with Crippen LogP contribution in [0, 0.1) is 5.82 Å². The number of piperidine rings is 1. The van der Waals surface area contributed by atoms with E-state index in [1.165, 1.54) is 19.2 Å². The van der Waals surface area contributed by atoms with Gasteiger partial charge in [0.05, 0.1) is 12.5 Å². The van der Waals surface area contributed by atoms with Crippen molar-refractivity contribution in [3.63, 3.8) is 0 Å². The van der Waals surface area contributed by atoms with Crippen LogP contribution in [-0.4, -0.2) is 53.8 Å². The predicted octanol–water partition coefficient (Wildman–Crippen LogP) is 1.98. The van der Waals surface area contributed by atoms with Crippen LogP contribution < -0.4 is 5.73 Å². The molecule has 1 saturated heterocycles. The van der Waals surface area contributed by atoms with E-state index in [0.29, 0.717) is 30.4 Å². The Balaban J connectivity index is 0.00000243. The highest BCUT2D eigenvalue weighted by Gasteiger charge is 2.30. The first-order valence-electron chi connectivity index (χ1n) is 8.21. The van der Waals surface area contributed by atoms with Crippen LogP contribution in [0.5, 0.6) is 0 Å². The van der Waals surface area contributed by atoms with E-state index in [9.17, 15) is 9.18 Å². The average Bonchev–Trinajstić information content (AvgIpc) is 3.11. The Morgan fingerprint density at radius 2 is 2.35 bits per heavy atom. The van der Waals surface area contributed by atoms with Crippen LogP contribution in [0.3, 0.4) is 0 Å². The van der Waals surface area contributed by atoms with Crippen molar-refractivity contribution in [3.05, 3.63) is 36.0 Å². The third-order valence-electron chi connectivity index (χ3n) is 4.27. The SMILES string of the molecule is COCC(N)C(=O)N1CCCC(c2nc(-c3cccc(F)c3)no2)C1.Cl. The lowest BCUT2D eigenvalue weighted by molar-refractivity contribution is -0.135. The summed E-state index contributed by atoms with van der Waals surface area (Å²) in [6, 6.07) is 5.36. The number of methoxy groups -OCH3 is 1. The van der Waals surface area contributed by atoms with E-state index in [4.69, 9.17) is 15.0 Å². The number of amides is 1. The molecule has 0 radical (unpaired) electrons. The summed E-state index contributed by atoms with van der Waals surface area (Å²) in [6.07, 6.45) is 1.67. The molecule has 0 saturated carbocycles. The number of hydrogen-bond donors (Lipinski definition) is 1. The number of carbonyl (C=O) groups is 1. The van der Waals surface area contributed by atoms with Gasteiger partial charge < -0.3 is 19.9 Å². The molecule has 2 N–H and O–H groups in total. The summed E-state index contributed by atoms with van der Waals surface area (Å²) < 4.78 is 23.6. The van der Waals surface area contributed by atoms with Gasteiger partial charge in [-0.15, -0.1) is 12.4 Å². The molecule has 0 aliphatic carbocycles. The Labute approximate surface area is 157 Å². The standard InChI is InChI=1S/C17H21FN4O3.ClH/c1-24-10-14(19)17(23)22-7-3-5-12(9-22)16-20-15(21-25-16)11-4-2-6-13(18)8-11;/h2,4,6,8,12,14H,3,5,7,9-10,19H2,1H3;1H. The summed E-state index contributed by atoms with van der Waals surface area (Å²) in [5.41, 5.74) is 6.39. The van der Waals surface area contributed by atoms with E-state index in [1.807, 2.05) is 0 Å². The minimum Gasteiger partial charge on any atom is -0.383 e. The summed E-state index contributed by atoms with van der Waals surface area (Å²) in [5.74, 6) is 0.246. The first-order chi connectivity index (χ1) is 12.1. The van der Waals surface area contributed by atoms with Gasteiger partial charge in [0.2, 0.25) is 17.6 Å². The molecule has 2 heterocycles. The van der Waals surface area contributed by atoms with Gasteiger partial charge in [0.15, 0.2) is 0 Å². The summed E-state index contributed by atoms with van der Waals surface area (Å²) in [6.45, 7) is 1.31. The van der Waals surface area contributed by atoms with Gasteiger partial charge in [-0.1, -0.05) is 17.3 Å². The van der Waals surface area contributed by atoms with Gasteiger partial charge >= 0.3 is 0 Å². The molecule has 2 aromatic rings. The van der Waals surface area contributed by atoms with Crippen LogP contribution in [0.15, 0.2) is 28.8 Å². The normalized spacial score (nSPS) is 18.3. The van der Waals surface area contributed by atoms with Crippen LogP contribution in [0.2, 0.25) is 0 Å². The predicted molar refractivity (Wildman–Crippen MR) is 95.3 cm³/mol. The van der Waals surface area contributed by atoms with Crippen LogP contribution >= 0.6 is 12.4 Å². The molecule has 3 rings (SSSR count). The summed E-state index contributed by atoms with van der Waals surface area (Å²) in [7, 11) is 1.51. The summed E-state index contributed by atoms with van der Waals surface area (Å²) in [5, 5.41) is 3.94. The third kappa shape index (κ3) is 4.57. The highest BCUT2D eigenvalue weighted by molar-refractivity contribution is 5.85. The van der Waals surface area contributed by atoms with Crippen molar-refractivity contribution < 1.29 is 18.4 Å². The van der Waals surface area contributed by atoms with E-state index >= 15 is 0 Å². The van der Waals surface area contributed by atoms with Gasteiger partial charge in [-0.3, -0.25) is 4.79 Å². The topological polar surface area (TPSA) is 94.5 Å². The molecule has 142 valence electrons. The van der Waals surface area contributed by atoms with Gasteiger partial charge in [0.1, 0.15) is 11.9 Å². The zero-order chi connectivity index (χ0) is 17.8. The minimum absolute atomic E-state index is 0. The molecule has 0 bridgehead atoms. The van der Waals surface area contributed by atoms with Crippen molar-refractivity contribution in [2.45, 2.75) is 24.8 Å². The Morgan fingerprint density at radius 3 is 3.08 bits per heavy atom. The minimum atomic E-state index is -0.672. The monoisotopic (exact) mass is 384 g/mol. The van der Waals surface area contributed by atoms with Crippen molar-refractivity contribution >= 4 is 18.3 Å². The maximum atomic E-state index is 13.3. The van der Waals surface area contributed by atoms with Crippen molar-refractivity contribution in [1.82, 2.24) is 15.0 Å². The van der Waals surface area contributed by atoms with Crippen LogP contribution in [0.4, 0.5) is 4.39 Å². The molecule has 2 unspecified atom stereocenters. The maximum absolute atomic E-state index is 13.3. The smallest absolute Gasteiger partial charge is 0.241 e. The molecular formula is C17H22ClFN4O3. The van der Waals surface area contributed by atoms with Gasteiger partial charge in [0, 0.05) is 25.8 Å². The molecule has 9 heteroatoms. The number of likely N-dealkylation sites (tertiary alicyclic amines) is 1. The second-order valence-corrected chi connectivity index (χ2v) is 6.15. The molecule has 1 aliphatic heterocycles. The highest BCUT2D eigenvalue weighted by Crippen LogP contribution is 2.28. The molecule has 1 fully saturated rings. The number of aromatic nitrogens is 2. The third-order valence-corrected chi connectivity index (χ3v) is 4.27. The Bertz CT molecular complexity index is 742. The second-order valence-electron chi connectivity index (χ2n) is 6.15. The van der Waals surface area contributed by atoms with Crippen LogP contribution in [0.1, 0.15) is 24.7 Å². The fourth-order valence-corrected chi connectivity index (χ4v) is 3.01. The van der Waals surface area contributed by atoms with E-state index < -0.39 is 6.04 Å². The number of nitrogens with zero attached hydrogens (tertiary/aromatic N) is 3. The Morgan fingerprint density at radius 1 is 1.54 bits per heavy atom. The zero-order valence-electron chi connectivity index (χ0n) is 14.4. The first-order valence-corrected chi connectivity index (χ1v) is 8.21. The fraction of sp³-hybridized carbons (Fsp3) is 0.471. The highest BCUT2D eigenvalue weighted by atomic mass is 35.5. The molecule has 1 aromatic heterocycles. The van der Waals surface area contributed by atoms with E-state index in [1.54, 1.807) is 17.0 Å². The van der Waals surface area contributed by atoms with E-state index in [-0.39, 0.29) is 36.7 Å². The zero-order valence-corrected chi connectivity index (χ0v) is 15.2. The van der Waals surface area contributed by atoms with Crippen LogP contribution in [-0.2, 0) is 9.53 Å². The van der Waals surface area contributed by atoms with E-state index in [0.717, 1.165) is 12.8 Å². The van der Waals surface area contributed by atoms with Crippen molar-refractivity contribution in [1.29, 1.82) is 0 Å². The van der Waals surface area contributed by atoms with Crippen molar-refractivity contribution in [2.24, 2.45) is 5.73 Å². The number of ether oxygens (including phenoxy) is 1. The molecule has 26 heavy (non-hydrogen) atoms. The molecule has 2 atom stereocenters. The summed E-state index contributed by atoms with van der Waals surface area (Å²) in [4.78, 5) is 18.4. The van der Waals surface area contributed by atoms with Crippen molar-refractivity contribution in [3.8, 4) is 11.4 Å². The molecule has 1 amide bonds. The Kier molecular flexibility index (Phi) is 7.07. The van der Waals surface area contributed by atoms with Gasteiger partial charge in [0.25, 0.3) is 0 Å². The quantitative estimate of drug-likeness (QED) is 0.847. The number of nitrogens with two attached hydrogens (primary N) is 1. The molecule has 1 aromatic carbocycles. The molecule has 0 spiro atoms. The Hall–Kier alpha value is -2.03. The van der Waals surface area contributed by atoms with E-state index in [2.05, 4.69) is 10.1 Å². The lowest BCUT2D eigenvalue weighted by Crippen LogP contribution is -2.49. The number of halogens is 2. The van der Waals surface area contributed by atoms with Crippen LogP contribution in [0.25, 0.3) is 11.4 Å². The largest absolute Gasteiger partial charge is 0.383 e. The second kappa shape index (κ2) is 9.07. The molecule has 1 aliphatic rings.